The van der Waals surface area contributed by atoms with Crippen LogP contribution < -0.4 is 0 Å². The van der Waals surface area contributed by atoms with E-state index in [4.69, 9.17) is 4.74 Å². The molecule has 1 aliphatic rings. The summed E-state index contributed by atoms with van der Waals surface area (Å²) in [6, 6.07) is 0. The lowest BCUT2D eigenvalue weighted by Gasteiger charge is -2.34. The standard InChI is InChI=1S/C12H18O3/c1-4-15-11(14)10-9(2)6-5-7-12(10,3)8-13/h6,8,10H,4-5,7H2,1-3H3. The van der Waals surface area contributed by atoms with E-state index >= 15 is 0 Å². The smallest absolute Gasteiger partial charge is 0.314 e. The first-order valence-electron chi connectivity index (χ1n) is 5.34. The molecule has 0 radical (unpaired) electrons. The highest BCUT2D eigenvalue weighted by Gasteiger charge is 2.42. The van der Waals surface area contributed by atoms with Crippen molar-refractivity contribution in [1.29, 1.82) is 0 Å². The molecule has 0 heterocycles. The third kappa shape index (κ3) is 2.28. The molecule has 3 nitrogen and oxygen atoms in total. The molecule has 0 aromatic rings. The summed E-state index contributed by atoms with van der Waals surface area (Å²) in [6.45, 7) is 5.86. The van der Waals surface area contributed by atoms with Crippen molar-refractivity contribution in [3.05, 3.63) is 11.6 Å². The average Bonchev–Trinajstić information content (AvgIpc) is 2.18. The molecule has 0 saturated heterocycles. The van der Waals surface area contributed by atoms with Gasteiger partial charge in [0.15, 0.2) is 0 Å². The average molecular weight is 210 g/mol. The number of rotatable bonds is 3. The third-order valence-corrected chi connectivity index (χ3v) is 3.06. The van der Waals surface area contributed by atoms with Crippen molar-refractivity contribution in [3.8, 4) is 0 Å². The summed E-state index contributed by atoms with van der Waals surface area (Å²) in [5, 5.41) is 0. The van der Waals surface area contributed by atoms with Crippen LogP contribution in [-0.2, 0) is 14.3 Å². The minimum atomic E-state index is -0.592. The molecule has 0 bridgehead atoms. The van der Waals surface area contributed by atoms with Crippen LogP contribution >= 0.6 is 0 Å². The minimum absolute atomic E-state index is 0.277. The molecule has 2 atom stereocenters. The Labute approximate surface area is 90.5 Å². The van der Waals surface area contributed by atoms with Crippen molar-refractivity contribution in [2.45, 2.75) is 33.6 Å². The van der Waals surface area contributed by atoms with Gasteiger partial charge >= 0.3 is 5.97 Å². The fourth-order valence-electron chi connectivity index (χ4n) is 2.20. The molecule has 1 rings (SSSR count). The highest BCUT2D eigenvalue weighted by Crippen LogP contribution is 2.40. The van der Waals surface area contributed by atoms with Gasteiger partial charge in [-0.1, -0.05) is 18.6 Å². The van der Waals surface area contributed by atoms with Crippen molar-refractivity contribution >= 4 is 12.3 Å². The predicted octanol–water partition coefficient (Wildman–Crippen LogP) is 2.11. The van der Waals surface area contributed by atoms with Crippen molar-refractivity contribution in [2.24, 2.45) is 11.3 Å². The highest BCUT2D eigenvalue weighted by molar-refractivity contribution is 5.82. The monoisotopic (exact) mass is 210 g/mol. The quantitative estimate of drug-likeness (QED) is 0.407. The Morgan fingerprint density at radius 1 is 1.73 bits per heavy atom. The second-order valence-corrected chi connectivity index (χ2v) is 4.30. The van der Waals surface area contributed by atoms with Crippen molar-refractivity contribution in [3.63, 3.8) is 0 Å². The summed E-state index contributed by atoms with van der Waals surface area (Å²) in [4.78, 5) is 22.9. The Bertz CT molecular complexity index is 293. The van der Waals surface area contributed by atoms with E-state index < -0.39 is 11.3 Å². The molecule has 3 heteroatoms. The van der Waals surface area contributed by atoms with Gasteiger partial charge in [-0.2, -0.15) is 0 Å². The van der Waals surface area contributed by atoms with Crippen LogP contribution in [0.1, 0.15) is 33.6 Å². The molecular weight excluding hydrogens is 192 g/mol. The van der Waals surface area contributed by atoms with Gasteiger partial charge in [-0.15, -0.1) is 0 Å². The van der Waals surface area contributed by atoms with Gasteiger partial charge in [-0.25, -0.2) is 0 Å². The molecule has 0 aromatic carbocycles. The summed E-state index contributed by atoms with van der Waals surface area (Å²) < 4.78 is 5.01. The molecule has 0 amide bonds. The van der Waals surface area contributed by atoms with Gasteiger partial charge in [-0.05, 0) is 26.7 Å². The number of carbonyl (C=O) groups is 2. The topological polar surface area (TPSA) is 43.4 Å². The van der Waals surface area contributed by atoms with Crippen LogP contribution in [0.25, 0.3) is 0 Å². The number of esters is 1. The number of carbonyl (C=O) groups excluding carboxylic acids is 2. The van der Waals surface area contributed by atoms with E-state index in [-0.39, 0.29) is 5.97 Å². The van der Waals surface area contributed by atoms with Crippen molar-refractivity contribution in [1.82, 2.24) is 0 Å². The molecule has 2 unspecified atom stereocenters. The zero-order chi connectivity index (χ0) is 11.5. The van der Waals surface area contributed by atoms with Crippen LogP contribution in [0.2, 0.25) is 0 Å². The van der Waals surface area contributed by atoms with Crippen LogP contribution in [0.15, 0.2) is 11.6 Å². The third-order valence-electron chi connectivity index (χ3n) is 3.06. The summed E-state index contributed by atoms with van der Waals surface area (Å²) in [6.07, 6.45) is 4.49. The number of hydrogen-bond acceptors (Lipinski definition) is 3. The lowest BCUT2D eigenvalue weighted by Crippen LogP contribution is -2.38. The fourth-order valence-corrected chi connectivity index (χ4v) is 2.20. The largest absolute Gasteiger partial charge is 0.466 e. The van der Waals surface area contributed by atoms with E-state index in [0.29, 0.717) is 6.61 Å². The van der Waals surface area contributed by atoms with E-state index in [2.05, 4.69) is 0 Å². The molecule has 0 saturated carbocycles. The van der Waals surface area contributed by atoms with E-state index in [1.54, 1.807) is 6.92 Å². The zero-order valence-electron chi connectivity index (χ0n) is 9.58. The van der Waals surface area contributed by atoms with Gasteiger partial charge in [0.1, 0.15) is 6.29 Å². The minimum Gasteiger partial charge on any atom is -0.466 e. The number of aldehydes is 1. The van der Waals surface area contributed by atoms with Gasteiger partial charge in [0.2, 0.25) is 0 Å². The van der Waals surface area contributed by atoms with Gasteiger partial charge in [0.05, 0.1) is 12.5 Å². The zero-order valence-corrected chi connectivity index (χ0v) is 9.58. The Hall–Kier alpha value is -1.12. The second kappa shape index (κ2) is 4.60. The van der Waals surface area contributed by atoms with E-state index in [9.17, 15) is 9.59 Å². The maximum atomic E-state index is 11.8. The molecule has 15 heavy (non-hydrogen) atoms. The maximum absolute atomic E-state index is 11.8. The Kier molecular flexibility index (Phi) is 3.66. The van der Waals surface area contributed by atoms with Gasteiger partial charge < -0.3 is 9.53 Å². The maximum Gasteiger partial charge on any atom is 0.314 e. The van der Waals surface area contributed by atoms with Gasteiger partial charge in [0, 0.05) is 5.41 Å². The molecule has 1 aliphatic carbocycles. The Morgan fingerprint density at radius 2 is 2.40 bits per heavy atom. The highest BCUT2D eigenvalue weighted by atomic mass is 16.5. The van der Waals surface area contributed by atoms with Crippen LogP contribution in [0.3, 0.4) is 0 Å². The first-order valence-corrected chi connectivity index (χ1v) is 5.34. The summed E-state index contributed by atoms with van der Waals surface area (Å²) >= 11 is 0. The first kappa shape index (κ1) is 12.0. The number of hydrogen-bond donors (Lipinski definition) is 0. The van der Waals surface area contributed by atoms with Gasteiger partial charge in [-0.3, -0.25) is 4.79 Å². The summed E-state index contributed by atoms with van der Waals surface area (Å²) in [7, 11) is 0. The SMILES string of the molecule is CCOC(=O)C1C(C)=CCCC1(C)C=O. The van der Waals surface area contributed by atoms with E-state index in [1.807, 2.05) is 19.9 Å². The molecule has 84 valence electrons. The Morgan fingerprint density at radius 3 is 2.93 bits per heavy atom. The summed E-state index contributed by atoms with van der Waals surface area (Å²) in [5.74, 6) is -0.677. The summed E-state index contributed by atoms with van der Waals surface area (Å²) in [5.41, 5.74) is 0.361. The van der Waals surface area contributed by atoms with Crippen LogP contribution in [0, 0.1) is 11.3 Å². The number of allylic oxidation sites excluding steroid dienone is 1. The van der Waals surface area contributed by atoms with E-state index in [1.165, 1.54) is 0 Å². The molecule has 0 N–H and O–H groups in total. The number of ether oxygens (including phenoxy) is 1. The Balaban J connectivity index is 2.97. The normalized spacial score (nSPS) is 30.6. The van der Waals surface area contributed by atoms with Crippen LogP contribution in [-0.4, -0.2) is 18.9 Å². The lowest BCUT2D eigenvalue weighted by molar-refractivity contribution is -0.152. The van der Waals surface area contributed by atoms with Gasteiger partial charge in [0.25, 0.3) is 0 Å². The van der Waals surface area contributed by atoms with Crippen LogP contribution in [0.4, 0.5) is 0 Å². The van der Waals surface area contributed by atoms with E-state index in [0.717, 1.165) is 24.7 Å². The molecule has 0 fully saturated rings. The molecule has 0 spiro atoms. The second-order valence-electron chi connectivity index (χ2n) is 4.30. The predicted molar refractivity (Wildman–Crippen MR) is 57.3 cm³/mol. The van der Waals surface area contributed by atoms with Crippen LogP contribution in [0.5, 0.6) is 0 Å². The fraction of sp³-hybridized carbons (Fsp3) is 0.667. The van der Waals surface area contributed by atoms with Crippen molar-refractivity contribution in [2.75, 3.05) is 6.61 Å². The van der Waals surface area contributed by atoms with Crippen molar-refractivity contribution < 1.29 is 14.3 Å². The molecular formula is C12H18O3. The lowest BCUT2D eigenvalue weighted by atomic mass is 9.68. The first-order chi connectivity index (χ1) is 7.05. The molecule has 0 aliphatic heterocycles. The molecule has 0 aromatic heterocycles.